The SMILES string of the molecule is Cc1ccc2c(c1)C1(C(=O)N2C)C(C#N)=C(N)Oc2c1c(C)nn2-c1ccccc1. The number of carbonyl (C=O) groups is 1. The van der Waals surface area contributed by atoms with Crippen LogP contribution in [0.2, 0.25) is 0 Å². The van der Waals surface area contributed by atoms with Gasteiger partial charge in [-0.15, -0.1) is 0 Å². The molecule has 148 valence electrons. The Morgan fingerprint density at radius 2 is 1.90 bits per heavy atom. The molecule has 2 aliphatic rings. The summed E-state index contributed by atoms with van der Waals surface area (Å²) in [6.45, 7) is 3.78. The highest BCUT2D eigenvalue weighted by Crippen LogP contribution is 2.56. The van der Waals surface area contributed by atoms with E-state index in [1.165, 1.54) is 0 Å². The molecule has 2 N–H and O–H groups in total. The zero-order valence-electron chi connectivity index (χ0n) is 16.8. The summed E-state index contributed by atoms with van der Waals surface area (Å²) in [5.74, 6) is 0.0207. The first-order valence-corrected chi connectivity index (χ1v) is 9.54. The fourth-order valence-corrected chi connectivity index (χ4v) is 4.58. The van der Waals surface area contributed by atoms with E-state index in [4.69, 9.17) is 10.5 Å². The molecule has 1 amide bonds. The van der Waals surface area contributed by atoms with E-state index in [1.807, 2.05) is 62.4 Å². The van der Waals surface area contributed by atoms with Gasteiger partial charge in [-0.05, 0) is 32.0 Å². The molecule has 3 aromatic rings. The third kappa shape index (κ3) is 2.02. The number of likely N-dealkylation sites (N-methyl/N-ethyl adjacent to an activating group) is 1. The molecule has 0 fully saturated rings. The predicted octanol–water partition coefficient (Wildman–Crippen LogP) is 2.84. The number of aryl methyl sites for hydroxylation is 2. The molecule has 2 aliphatic heterocycles. The average molecular weight is 397 g/mol. The number of rotatable bonds is 1. The highest BCUT2D eigenvalue weighted by atomic mass is 16.5. The van der Waals surface area contributed by atoms with Gasteiger partial charge in [-0.2, -0.15) is 10.4 Å². The Labute approximate surface area is 173 Å². The molecule has 7 nitrogen and oxygen atoms in total. The topological polar surface area (TPSA) is 97.2 Å². The van der Waals surface area contributed by atoms with Gasteiger partial charge in [-0.1, -0.05) is 35.9 Å². The number of hydrogen-bond donors (Lipinski definition) is 1. The van der Waals surface area contributed by atoms with E-state index in [-0.39, 0.29) is 17.4 Å². The van der Waals surface area contributed by atoms with Gasteiger partial charge in [0.25, 0.3) is 0 Å². The molecular weight excluding hydrogens is 378 g/mol. The number of carbonyl (C=O) groups excluding carboxylic acids is 1. The molecule has 1 spiro atoms. The number of benzene rings is 2. The summed E-state index contributed by atoms with van der Waals surface area (Å²) < 4.78 is 7.56. The largest absolute Gasteiger partial charge is 0.422 e. The van der Waals surface area contributed by atoms with Crippen molar-refractivity contribution in [1.82, 2.24) is 9.78 Å². The summed E-state index contributed by atoms with van der Waals surface area (Å²) >= 11 is 0. The molecule has 1 aromatic heterocycles. The number of anilines is 1. The van der Waals surface area contributed by atoms with E-state index >= 15 is 0 Å². The zero-order valence-corrected chi connectivity index (χ0v) is 16.8. The fraction of sp³-hybridized carbons (Fsp3) is 0.174. The van der Waals surface area contributed by atoms with E-state index in [1.54, 1.807) is 16.6 Å². The van der Waals surface area contributed by atoms with Crippen molar-refractivity contribution >= 4 is 11.6 Å². The average Bonchev–Trinajstić information content (AvgIpc) is 3.17. The van der Waals surface area contributed by atoms with Gasteiger partial charge in [0.05, 0.1) is 16.9 Å². The van der Waals surface area contributed by atoms with Crippen molar-refractivity contribution in [3.8, 4) is 17.6 Å². The number of amides is 1. The van der Waals surface area contributed by atoms with Crippen LogP contribution in [0.1, 0.15) is 22.4 Å². The Hall–Kier alpha value is -4.05. The first kappa shape index (κ1) is 18.0. The van der Waals surface area contributed by atoms with Crippen molar-refractivity contribution in [2.24, 2.45) is 5.73 Å². The van der Waals surface area contributed by atoms with Crippen LogP contribution in [0, 0.1) is 25.2 Å². The van der Waals surface area contributed by atoms with Gasteiger partial charge in [-0.3, -0.25) is 4.79 Å². The van der Waals surface area contributed by atoms with Gasteiger partial charge in [0, 0.05) is 18.3 Å². The van der Waals surface area contributed by atoms with Crippen molar-refractivity contribution in [3.63, 3.8) is 0 Å². The van der Waals surface area contributed by atoms with Crippen LogP contribution in [0.3, 0.4) is 0 Å². The molecule has 0 saturated carbocycles. The van der Waals surface area contributed by atoms with Crippen molar-refractivity contribution in [3.05, 3.63) is 82.4 Å². The molecular formula is C23H19N5O2. The zero-order chi connectivity index (χ0) is 21.2. The van der Waals surface area contributed by atoms with Crippen LogP contribution in [0.5, 0.6) is 5.88 Å². The molecule has 7 heteroatoms. The van der Waals surface area contributed by atoms with Gasteiger partial charge in [0.2, 0.25) is 17.7 Å². The highest BCUT2D eigenvalue weighted by Gasteiger charge is 2.60. The normalized spacial score (nSPS) is 19.5. The van der Waals surface area contributed by atoms with Gasteiger partial charge < -0.3 is 15.4 Å². The quantitative estimate of drug-likeness (QED) is 0.681. The number of fused-ring (bicyclic) bond motifs is 4. The van der Waals surface area contributed by atoms with Crippen LogP contribution in [-0.2, 0) is 10.2 Å². The smallest absolute Gasteiger partial charge is 0.247 e. The van der Waals surface area contributed by atoms with E-state index in [0.717, 1.165) is 22.5 Å². The standard InChI is InChI=1S/C23H19N5O2/c1-13-9-10-18-16(11-13)23(22(29)27(18)3)17(12-24)20(25)30-21-19(23)14(2)26-28(21)15-7-5-4-6-8-15/h4-11H,25H2,1-3H3. The van der Waals surface area contributed by atoms with Crippen molar-refractivity contribution in [2.45, 2.75) is 19.3 Å². The Balaban J connectivity index is 1.93. The second-order valence-electron chi connectivity index (χ2n) is 7.60. The molecule has 5 rings (SSSR count). The summed E-state index contributed by atoms with van der Waals surface area (Å²) in [6.07, 6.45) is 0. The second kappa shape index (κ2) is 5.97. The van der Waals surface area contributed by atoms with Crippen LogP contribution in [0.25, 0.3) is 5.69 Å². The van der Waals surface area contributed by atoms with E-state index in [0.29, 0.717) is 17.1 Å². The van der Waals surface area contributed by atoms with E-state index in [9.17, 15) is 10.1 Å². The lowest BCUT2D eigenvalue weighted by Gasteiger charge is -2.32. The molecule has 0 saturated heterocycles. The Morgan fingerprint density at radius 1 is 1.17 bits per heavy atom. The molecule has 0 radical (unpaired) electrons. The highest BCUT2D eigenvalue weighted by molar-refractivity contribution is 6.14. The van der Waals surface area contributed by atoms with Crippen LogP contribution < -0.4 is 15.4 Å². The molecule has 1 atom stereocenters. The summed E-state index contributed by atoms with van der Waals surface area (Å²) in [4.78, 5) is 15.4. The molecule has 3 heterocycles. The number of nitriles is 1. The Kier molecular flexibility index (Phi) is 3.59. The summed E-state index contributed by atoms with van der Waals surface area (Å²) in [7, 11) is 1.71. The molecule has 1 unspecified atom stereocenters. The van der Waals surface area contributed by atoms with Crippen molar-refractivity contribution in [1.29, 1.82) is 5.26 Å². The lowest BCUT2D eigenvalue weighted by molar-refractivity contribution is -0.120. The van der Waals surface area contributed by atoms with Crippen molar-refractivity contribution in [2.75, 3.05) is 11.9 Å². The van der Waals surface area contributed by atoms with Crippen LogP contribution in [0.4, 0.5) is 5.69 Å². The minimum Gasteiger partial charge on any atom is -0.422 e. The number of ether oxygens (including phenoxy) is 1. The van der Waals surface area contributed by atoms with Crippen LogP contribution in [0.15, 0.2) is 60.0 Å². The monoisotopic (exact) mass is 397 g/mol. The van der Waals surface area contributed by atoms with Gasteiger partial charge in [0.1, 0.15) is 17.1 Å². The third-order valence-electron chi connectivity index (χ3n) is 5.88. The van der Waals surface area contributed by atoms with E-state index in [2.05, 4.69) is 11.2 Å². The Morgan fingerprint density at radius 3 is 2.60 bits per heavy atom. The summed E-state index contributed by atoms with van der Waals surface area (Å²) in [5, 5.41) is 14.7. The number of nitrogens with two attached hydrogens (primary N) is 1. The number of para-hydroxylation sites is 1. The van der Waals surface area contributed by atoms with E-state index < -0.39 is 5.41 Å². The Bertz CT molecular complexity index is 1300. The number of hydrogen-bond acceptors (Lipinski definition) is 5. The first-order valence-electron chi connectivity index (χ1n) is 9.54. The van der Waals surface area contributed by atoms with Gasteiger partial charge in [0.15, 0.2) is 0 Å². The van der Waals surface area contributed by atoms with Crippen LogP contribution >= 0.6 is 0 Å². The maximum absolute atomic E-state index is 13.8. The van der Waals surface area contributed by atoms with Crippen LogP contribution in [-0.4, -0.2) is 22.7 Å². The second-order valence-corrected chi connectivity index (χ2v) is 7.60. The number of nitrogens with zero attached hydrogens (tertiary/aromatic N) is 4. The molecule has 0 aliphatic carbocycles. The van der Waals surface area contributed by atoms with Gasteiger partial charge in [-0.25, -0.2) is 4.68 Å². The lowest BCUT2D eigenvalue weighted by Crippen LogP contribution is -2.45. The molecule has 0 bridgehead atoms. The molecule has 30 heavy (non-hydrogen) atoms. The predicted molar refractivity (Wildman–Crippen MR) is 111 cm³/mol. The lowest BCUT2D eigenvalue weighted by atomic mass is 9.69. The minimum absolute atomic E-state index is 0.0850. The summed E-state index contributed by atoms with van der Waals surface area (Å²) in [5.41, 5.74) is 9.31. The maximum Gasteiger partial charge on any atom is 0.247 e. The maximum atomic E-state index is 13.8. The first-order chi connectivity index (χ1) is 14.4. The third-order valence-corrected chi connectivity index (χ3v) is 5.88. The fourth-order valence-electron chi connectivity index (χ4n) is 4.58. The van der Waals surface area contributed by atoms with Crippen molar-refractivity contribution < 1.29 is 9.53 Å². The van der Waals surface area contributed by atoms with Gasteiger partial charge >= 0.3 is 0 Å². The minimum atomic E-state index is -1.39. The number of aromatic nitrogens is 2. The summed E-state index contributed by atoms with van der Waals surface area (Å²) in [6, 6.07) is 17.4. The molecule has 2 aromatic carbocycles.